The van der Waals surface area contributed by atoms with Gasteiger partial charge in [-0.1, -0.05) is 17.7 Å². The molecule has 20 heavy (non-hydrogen) atoms. The molecular weight excluding hydrogens is 296 g/mol. The highest BCUT2D eigenvalue weighted by Gasteiger charge is 2.30. The Morgan fingerprint density at radius 2 is 1.75 bits per heavy atom. The first-order chi connectivity index (χ1) is 8.82. The molecule has 0 amide bonds. The van der Waals surface area contributed by atoms with Gasteiger partial charge in [0.2, 0.25) is 10.0 Å². The molecule has 1 saturated heterocycles. The lowest BCUT2D eigenvalue weighted by atomic mass is 10.1. The van der Waals surface area contributed by atoms with Crippen LogP contribution in [0.4, 0.5) is 0 Å². The maximum absolute atomic E-state index is 12.8. The summed E-state index contributed by atoms with van der Waals surface area (Å²) in [4.78, 5) is 0.479. The zero-order valence-electron chi connectivity index (χ0n) is 12.4. The van der Waals surface area contributed by atoms with E-state index in [1.165, 1.54) is 0 Å². The molecule has 1 atom stereocenters. The molecule has 4 nitrogen and oxygen atoms in total. The molecule has 0 spiro atoms. The second kappa shape index (κ2) is 6.43. The summed E-state index contributed by atoms with van der Waals surface area (Å²) < 4.78 is 27.2. The van der Waals surface area contributed by atoms with Crippen LogP contribution in [0.2, 0.25) is 0 Å². The summed E-state index contributed by atoms with van der Waals surface area (Å²) in [5.74, 6) is 0. The number of hydrogen-bond acceptors (Lipinski definition) is 3. The van der Waals surface area contributed by atoms with Crippen LogP contribution in [0.1, 0.15) is 23.6 Å². The van der Waals surface area contributed by atoms with Crippen LogP contribution in [-0.2, 0) is 10.0 Å². The molecule has 0 saturated carbocycles. The number of aryl methyl sites for hydroxylation is 3. The van der Waals surface area contributed by atoms with E-state index >= 15 is 0 Å². The predicted octanol–water partition coefficient (Wildman–Crippen LogP) is 2.02. The van der Waals surface area contributed by atoms with E-state index < -0.39 is 10.0 Å². The molecule has 0 aromatic heterocycles. The number of nitrogens with one attached hydrogen (secondary N) is 1. The van der Waals surface area contributed by atoms with E-state index in [-0.39, 0.29) is 18.4 Å². The van der Waals surface area contributed by atoms with Gasteiger partial charge in [-0.05, 0) is 38.8 Å². The molecule has 1 aromatic carbocycles. The number of benzene rings is 1. The van der Waals surface area contributed by atoms with E-state index in [0.717, 1.165) is 16.7 Å². The van der Waals surface area contributed by atoms with Crippen LogP contribution in [0.3, 0.4) is 0 Å². The smallest absolute Gasteiger partial charge is 0.243 e. The Balaban J connectivity index is 0.00000200. The van der Waals surface area contributed by atoms with Crippen LogP contribution < -0.4 is 5.32 Å². The van der Waals surface area contributed by atoms with Crippen LogP contribution >= 0.6 is 12.4 Å². The number of halogens is 1. The highest BCUT2D eigenvalue weighted by molar-refractivity contribution is 7.89. The van der Waals surface area contributed by atoms with Crippen molar-refractivity contribution in [3.8, 4) is 0 Å². The predicted molar refractivity (Wildman–Crippen MR) is 84.1 cm³/mol. The highest BCUT2D eigenvalue weighted by atomic mass is 35.5. The van der Waals surface area contributed by atoms with Crippen molar-refractivity contribution < 1.29 is 8.42 Å². The molecule has 6 heteroatoms. The summed E-state index contributed by atoms with van der Waals surface area (Å²) in [6.45, 7) is 9.54. The van der Waals surface area contributed by atoms with Crippen LogP contribution in [0, 0.1) is 20.8 Å². The molecule has 1 aromatic rings. The number of nitrogens with zero attached hydrogens (tertiary/aromatic N) is 1. The fraction of sp³-hybridized carbons (Fsp3) is 0.571. The maximum Gasteiger partial charge on any atom is 0.243 e. The van der Waals surface area contributed by atoms with Crippen molar-refractivity contribution >= 4 is 22.4 Å². The first-order valence-corrected chi connectivity index (χ1v) is 8.08. The molecule has 1 fully saturated rings. The van der Waals surface area contributed by atoms with E-state index in [2.05, 4.69) is 5.32 Å². The lowest BCUT2D eigenvalue weighted by Gasteiger charge is -2.31. The average Bonchev–Trinajstić information content (AvgIpc) is 2.26. The van der Waals surface area contributed by atoms with Gasteiger partial charge in [0.25, 0.3) is 0 Å². The lowest BCUT2D eigenvalue weighted by Crippen LogP contribution is -2.51. The third-order valence-electron chi connectivity index (χ3n) is 3.53. The molecule has 0 bridgehead atoms. The zero-order valence-corrected chi connectivity index (χ0v) is 14.1. The fourth-order valence-electron chi connectivity index (χ4n) is 2.82. The van der Waals surface area contributed by atoms with Crippen molar-refractivity contribution in [1.82, 2.24) is 9.62 Å². The molecule has 2 rings (SSSR count). The Labute approximate surface area is 128 Å². The van der Waals surface area contributed by atoms with Gasteiger partial charge >= 0.3 is 0 Å². The SMILES string of the molecule is Cc1cc(C)c(S(=O)(=O)N2CCNC(C)C2)c(C)c1.Cl. The Bertz CT molecular complexity index is 564. The van der Waals surface area contributed by atoms with Crippen molar-refractivity contribution in [2.75, 3.05) is 19.6 Å². The van der Waals surface area contributed by atoms with Crippen molar-refractivity contribution in [3.63, 3.8) is 0 Å². The van der Waals surface area contributed by atoms with Gasteiger partial charge in [-0.2, -0.15) is 4.31 Å². The van der Waals surface area contributed by atoms with Gasteiger partial charge in [0, 0.05) is 25.7 Å². The molecule has 1 aliphatic heterocycles. The van der Waals surface area contributed by atoms with Gasteiger partial charge in [0.05, 0.1) is 4.90 Å². The molecule has 1 aliphatic rings. The Morgan fingerprint density at radius 3 is 2.25 bits per heavy atom. The van der Waals surface area contributed by atoms with Gasteiger partial charge in [-0.15, -0.1) is 12.4 Å². The first kappa shape index (κ1) is 17.4. The minimum Gasteiger partial charge on any atom is -0.312 e. The van der Waals surface area contributed by atoms with Crippen LogP contribution in [-0.4, -0.2) is 38.4 Å². The summed E-state index contributed by atoms with van der Waals surface area (Å²) in [6, 6.07) is 4.08. The van der Waals surface area contributed by atoms with Gasteiger partial charge in [0.1, 0.15) is 0 Å². The monoisotopic (exact) mass is 318 g/mol. The van der Waals surface area contributed by atoms with E-state index in [4.69, 9.17) is 0 Å². The van der Waals surface area contributed by atoms with E-state index in [0.29, 0.717) is 24.5 Å². The second-order valence-corrected chi connectivity index (χ2v) is 7.32. The standard InChI is InChI=1S/C14H22N2O2S.ClH/c1-10-7-11(2)14(12(3)8-10)19(17,18)16-6-5-15-13(4)9-16;/h7-8,13,15H,5-6,9H2,1-4H3;1H. The quantitative estimate of drug-likeness (QED) is 0.907. The Morgan fingerprint density at radius 1 is 1.20 bits per heavy atom. The zero-order chi connectivity index (χ0) is 14.2. The lowest BCUT2D eigenvalue weighted by molar-refractivity contribution is 0.310. The Kier molecular flexibility index (Phi) is 5.61. The van der Waals surface area contributed by atoms with Crippen LogP contribution in [0.15, 0.2) is 17.0 Å². The third kappa shape index (κ3) is 3.34. The minimum atomic E-state index is -3.38. The summed E-state index contributed by atoms with van der Waals surface area (Å²) in [5.41, 5.74) is 2.77. The van der Waals surface area contributed by atoms with Crippen molar-refractivity contribution in [2.45, 2.75) is 38.6 Å². The van der Waals surface area contributed by atoms with Crippen LogP contribution in [0.25, 0.3) is 0 Å². The number of piperazine rings is 1. The average molecular weight is 319 g/mol. The van der Waals surface area contributed by atoms with Gasteiger partial charge in [-0.25, -0.2) is 8.42 Å². The van der Waals surface area contributed by atoms with Crippen molar-refractivity contribution in [2.24, 2.45) is 0 Å². The summed E-state index contributed by atoms with van der Waals surface area (Å²) in [6.07, 6.45) is 0. The molecule has 114 valence electrons. The van der Waals surface area contributed by atoms with Crippen molar-refractivity contribution in [1.29, 1.82) is 0 Å². The molecular formula is C14H23ClN2O2S. The van der Waals surface area contributed by atoms with Gasteiger partial charge < -0.3 is 5.32 Å². The molecule has 1 N–H and O–H groups in total. The molecule has 0 radical (unpaired) electrons. The number of hydrogen-bond donors (Lipinski definition) is 1. The summed E-state index contributed by atoms with van der Waals surface area (Å²) >= 11 is 0. The highest BCUT2D eigenvalue weighted by Crippen LogP contribution is 2.25. The normalized spacial score (nSPS) is 20.5. The topological polar surface area (TPSA) is 49.4 Å². The maximum atomic E-state index is 12.8. The molecule has 1 unspecified atom stereocenters. The number of sulfonamides is 1. The largest absolute Gasteiger partial charge is 0.312 e. The van der Waals surface area contributed by atoms with Crippen LogP contribution in [0.5, 0.6) is 0 Å². The van der Waals surface area contributed by atoms with Crippen molar-refractivity contribution in [3.05, 3.63) is 28.8 Å². The summed E-state index contributed by atoms with van der Waals surface area (Å²) in [5, 5.41) is 3.27. The molecule has 0 aliphatic carbocycles. The summed E-state index contributed by atoms with van der Waals surface area (Å²) in [7, 11) is -3.38. The van der Waals surface area contributed by atoms with E-state index in [1.807, 2.05) is 39.8 Å². The Hall–Kier alpha value is -0.620. The van der Waals surface area contributed by atoms with E-state index in [1.54, 1.807) is 4.31 Å². The minimum absolute atomic E-state index is 0. The number of rotatable bonds is 2. The van der Waals surface area contributed by atoms with E-state index in [9.17, 15) is 8.42 Å². The molecule has 1 heterocycles. The fourth-order valence-corrected chi connectivity index (χ4v) is 4.76. The first-order valence-electron chi connectivity index (χ1n) is 6.64. The van der Waals surface area contributed by atoms with Gasteiger partial charge in [-0.3, -0.25) is 0 Å². The van der Waals surface area contributed by atoms with Gasteiger partial charge in [0.15, 0.2) is 0 Å². The second-order valence-electron chi connectivity index (χ2n) is 5.45. The third-order valence-corrected chi connectivity index (χ3v) is 5.71.